The third-order valence-electron chi connectivity index (χ3n) is 5.28. The first kappa shape index (κ1) is 20.0. The lowest BCUT2D eigenvalue weighted by Gasteiger charge is -2.17. The van der Waals surface area contributed by atoms with E-state index >= 15 is 0 Å². The van der Waals surface area contributed by atoms with Gasteiger partial charge in [0.05, 0.1) is 12.7 Å². The minimum Gasteiger partial charge on any atom is -0.465 e. The maximum atomic E-state index is 13.8. The molecule has 6 nitrogen and oxygen atoms in total. The standard InChI is InChI=1S/C21H26FN3O3/c1-3-19-23-8-11-24(19)10-7-20(26)25-9-6-16(14-25)12-15-4-5-18(22)17(13-15)21(27)28-2/h4-5,8,11,13,16H,3,6-7,9-10,12,14H2,1-2H3. The summed E-state index contributed by atoms with van der Waals surface area (Å²) in [6.07, 6.45) is 6.58. The first-order valence-corrected chi connectivity index (χ1v) is 9.66. The lowest BCUT2D eigenvalue weighted by atomic mass is 9.97. The van der Waals surface area contributed by atoms with E-state index in [0.717, 1.165) is 30.8 Å². The normalized spacial score (nSPS) is 16.4. The summed E-state index contributed by atoms with van der Waals surface area (Å²) >= 11 is 0. The number of hydrogen-bond donors (Lipinski definition) is 0. The number of carbonyl (C=O) groups is 2. The summed E-state index contributed by atoms with van der Waals surface area (Å²) in [7, 11) is 1.24. The Bertz CT molecular complexity index is 849. The van der Waals surface area contributed by atoms with E-state index < -0.39 is 11.8 Å². The zero-order valence-corrected chi connectivity index (χ0v) is 16.4. The van der Waals surface area contributed by atoms with E-state index in [9.17, 15) is 14.0 Å². The summed E-state index contributed by atoms with van der Waals surface area (Å²) < 4.78 is 20.4. The molecule has 0 saturated carbocycles. The number of carbonyl (C=O) groups excluding carboxylic acids is 2. The zero-order valence-electron chi connectivity index (χ0n) is 16.4. The molecule has 0 N–H and O–H groups in total. The number of amides is 1. The van der Waals surface area contributed by atoms with Gasteiger partial charge in [-0.3, -0.25) is 4.79 Å². The van der Waals surface area contributed by atoms with Crippen LogP contribution in [0.25, 0.3) is 0 Å². The van der Waals surface area contributed by atoms with Crippen molar-refractivity contribution < 1.29 is 18.7 Å². The van der Waals surface area contributed by atoms with Crippen molar-refractivity contribution in [3.05, 3.63) is 53.4 Å². The number of halogens is 1. The van der Waals surface area contributed by atoms with Gasteiger partial charge in [0.2, 0.25) is 5.91 Å². The molecule has 0 aliphatic carbocycles. The number of aromatic nitrogens is 2. The van der Waals surface area contributed by atoms with Crippen molar-refractivity contribution >= 4 is 11.9 Å². The Labute approximate surface area is 164 Å². The van der Waals surface area contributed by atoms with Crippen molar-refractivity contribution in [2.24, 2.45) is 5.92 Å². The number of imidazole rings is 1. The summed E-state index contributed by atoms with van der Waals surface area (Å²) in [4.78, 5) is 30.4. The number of methoxy groups -OCH3 is 1. The molecule has 1 fully saturated rings. The number of likely N-dealkylation sites (tertiary alicyclic amines) is 1. The summed E-state index contributed by atoms with van der Waals surface area (Å²) in [6.45, 7) is 4.11. The smallest absolute Gasteiger partial charge is 0.340 e. The molecule has 28 heavy (non-hydrogen) atoms. The molecule has 1 aromatic carbocycles. The average molecular weight is 387 g/mol. The van der Waals surface area contributed by atoms with E-state index in [2.05, 4.69) is 9.72 Å². The predicted octanol–water partition coefficient (Wildman–Crippen LogP) is 2.85. The predicted molar refractivity (Wildman–Crippen MR) is 102 cm³/mol. The van der Waals surface area contributed by atoms with Crippen molar-refractivity contribution in [3.8, 4) is 0 Å². The van der Waals surface area contributed by atoms with Crippen LogP contribution in [0.1, 0.15) is 41.5 Å². The van der Waals surface area contributed by atoms with Crippen LogP contribution in [0, 0.1) is 11.7 Å². The monoisotopic (exact) mass is 387 g/mol. The maximum absolute atomic E-state index is 13.8. The zero-order chi connectivity index (χ0) is 20.1. The van der Waals surface area contributed by atoms with Gasteiger partial charge >= 0.3 is 5.97 Å². The van der Waals surface area contributed by atoms with Crippen molar-refractivity contribution in [1.82, 2.24) is 14.5 Å². The maximum Gasteiger partial charge on any atom is 0.340 e. The van der Waals surface area contributed by atoms with Crippen LogP contribution in [0.2, 0.25) is 0 Å². The Balaban J connectivity index is 1.54. The molecule has 1 atom stereocenters. The lowest BCUT2D eigenvalue weighted by Crippen LogP contribution is -2.29. The van der Waals surface area contributed by atoms with Crippen molar-refractivity contribution in [1.29, 1.82) is 0 Å². The summed E-state index contributed by atoms with van der Waals surface area (Å²) in [5.41, 5.74) is 0.838. The summed E-state index contributed by atoms with van der Waals surface area (Å²) in [5.74, 6) is 0.190. The lowest BCUT2D eigenvalue weighted by molar-refractivity contribution is -0.130. The van der Waals surface area contributed by atoms with Crippen molar-refractivity contribution in [2.75, 3.05) is 20.2 Å². The Kier molecular flexibility index (Phi) is 6.44. The fourth-order valence-corrected chi connectivity index (χ4v) is 3.76. The molecule has 150 valence electrons. The largest absolute Gasteiger partial charge is 0.465 e. The van der Waals surface area contributed by atoms with Gasteiger partial charge in [-0.1, -0.05) is 13.0 Å². The molecule has 2 heterocycles. The van der Waals surface area contributed by atoms with Crippen LogP contribution in [0.5, 0.6) is 0 Å². The van der Waals surface area contributed by atoms with Crippen LogP contribution >= 0.6 is 0 Å². The highest BCUT2D eigenvalue weighted by molar-refractivity contribution is 5.89. The van der Waals surface area contributed by atoms with Gasteiger partial charge in [-0.25, -0.2) is 14.2 Å². The van der Waals surface area contributed by atoms with E-state index in [0.29, 0.717) is 31.8 Å². The van der Waals surface area contributed by atoms with E-state index in [1.165, 1.54) is 13.2 Å². The van der Waals surface area contributed by atoms with Crippen LogP contribution in [-0.2, 0) is 28.9 Å². The van der Waals surface area contributed by atoms with Gasteiger partial charge in [-0.05, 0) is 36.5 Å². The molecule has 3 rings (SSSR count). The van der Waals surface area contributed by atoms with Crippen LogP contribution in [-0.4, -0.2) is 46.5 Å². The Morgan fingerprint density at radius 2 is 2.18 bits per heavy atom. The first-order chi connectivity index (χ1) is 13.5. The van der Waals surface area contributed by atoms with Gasteiger partial charge in [-0.15, -0.1) is 0 Å². The molecule has 2 aromatic rings. The number of rotatable bonds is 7. The molecule has 0 radical (unpaired) electrons. The van der Waals surface area contributed by atoms with E-state index in [1.807, 2.05) is 22.6 Å². The molecule has 7 heteroatoms. The quantitative estimate of drug-likeness (QED) is 0.686. The van der Waals surface area contributed by atoms with Crippen molar-refractivity contribution in [3.63, 3.8) is 0 Å². The Hall–Kier alpha value is -2.70. The number of ether oxygens (including phenoxy) is 1. The third kappa shape index (κ3) is 4.58. The minimum atomic E-state index is -0.673. The van der Waals surface area contributed by atoms with Gasteiger partial charge < -0.3 is 14.2 Å². The van der Waals surface area contributed by atoms with E-state index in [-0.39, 0.29) is 11.5 Å². The second-order valence-corrected chi connectivity index (χ2v) is 7.14. The van der Waals surface area contributed by atoms with Gasteiger partial charge in [0.15, 0.2) is 0 Å². The molecule has 1 aliphatic rings. The third-order valence-corrected chi connectivity index (χ3v) is 5.28. The van der Waals surface area contributed by atoms with Gasteiger partial charge in [0.1, 0.15) is 11.6 Å². The summed E-state index contributed by atoms with van der Waals surface area (Å²) in [6, 6.07) is 4.55. The second-order valence-electron chi connectivity index (χ2n) is 7.14. The van der Waals surface area contributed by atoms with Crippen LogP contribution in [0.4, 0.5) is 4.39 Å². The molecular weight excluding hydrogens is 361 g/mol. The molecule has 1 aliphatic heterocycles. The Morgan fingerprint density at radius 3 is 2.93 bits per heavy atom. The van der Waals surface area contributed by atoms with Crippen molar-refractivity contribution in [2.45, 2.75) is 39.2 Å². The SMILES string of the molecule is CCc1nccn1CCC(=O)N1CCC(Cc2ccc(F)c(C(=O)OC)c2)C1. The number of aryl methyl sites for hydroxylation is 2. The van der Waals surface area contributed by atoms with E-state index in [1.54, 1.807) is 18.3 Å². The molecule has 1 unspecified atom stereocenters. The highest BCUT2D eigenvalue weighted by Crippen LogP contribution is 2.23. The van der Waals surface area contributed by atoms with Gasteiger partial charge in [0, 0.05) is 44.9 Å². The number of esters is 1. The molecule has 1 saturated heterocycles. The first-order valence-electron chi connectivity index (χ1n) is 9.66. The minimum absolute atomic E-state index is 0.0435. The molecule has 1 aromatic heterocycles. The number of nitrogens with zero attached hydrogens (tertiary/aromatic N) is 3. The van der Waals surface area contributed by atoms with Crippen LogP contribution in [0.3, 0.4) is 0 Å². The molecule has 0 bridgehead atoms. The second kappa shape index (κ2) is 8.99. The molecule has 1 amide bonds. The highest BCUT2D eigenvalue weighted by Gasteiger charge is 2.26. The fourth-order valence-electron chi connectivity index (χ4n) is 3.76. The topological polar surface area (TPSA) is 64.4 Å². The van der Waals surface area contributed by atoms with Gasteiger partial charge in [0.25, 0.3) is 0 Å². The number of benzene rings is 1. The number of hydrogen-bond acceptors (Lipinski definition) is 4. The Morgan fingerprint density at radius 1 is 1.36 bits per heavy atom. The average Bonchev–Trinajstić information content (AvgIpc) is 3.36. The molecular formula is C21H26FN3O3. The van der Waals surface area contributed by atoms with E-state index in [4.69, 9.17) is 0 Å². The van der Waals surface area contributed by atoms with Gasteiger partial charge in [-0.2, -0.15) is 0 Å². The van der Waals surface area contributed by atoms with Crippen LogP contribution in [0.15, 0.2) is 30.6 Å². The van der Waals surface area contributed by atoms with Crippen LogP contribution < -0.4 is 0 Å². The molecule has 0 spiro atoms. The highest BCUT2D eigenvalue weighted by atomic mass is 19.1. The summed E-state index contributed by atoms with van der Waals surface area (Å²) in [5, 5.41) is 0. The fraction of sp³-hybridized carbons (Fsp3) is 0.476.